The summed E-state index contributed by atoms with van der Waals surface area (Å²) in [6, 6.07) is 11.2. The molecular weight excluding hydrogens is 404 g/mol. The second kappa shape index (κ2) is 10.3. The second-order valence-corrected chi connectivity index (χ2v) is 9.31. The van der Waals surface area contributed by atoms with Crippen LogP contribution in [-0.4, -0.2) is 41.3 Å². The lowest BCUT2D eigenvalue weighted by atomic mass is 9.91. The Balaban J connectivity index is 1.26. The molecule has 7 heteroatoms. The molecule has 1 saturated carbocycles. The normalized spacial score (nSPS) is 20.5. The van der Waals surface area contributed by atoms with Crippen molar-refractivity contribution >= 4 is 29.1 Å². The average Bonchev–Trinajstić information content (AvgIpc) is 2.79. The van der Waals surface area contributed by atoms with Crippen molar-refractivity contribution in [3.63, 3.8) is 0 Å². The molecule has 0 spiro atoms. The van der Waals surface area contributed by atoms with Gasteiger partial charge in [0.1, 0.15) is 5.82 Å². The Morgan fingerprint density at radius 1 is 1.00 bits per heavy atom. The SMILES string of the molecule is CN(C)c1nc(N[C@H]2CC[C@@H](NC(=S)NCc3ccccc3)CC2)nc2c1CCCC2. The van der Waals surface area contributed by atoms with Crippen molar-refractivity contribution in [3.05, 3.63) is 47.2 Å². The molecule has 3 N–H and O–H groups in total. The maximum atomic E-state index is 5.50. The number of anilines is 2. The fourth-order valence-corrected chi connectivity index (χ4v) is 4.83. The summed E-state index contributed by atoms with van der Waals surface area (Å²) < 4.78 is 0. The molecule has 1 fully saturated rings. The van der Waals surface area contributed by atoms with Crippen molar-refractivity contribution in [3.8, 4) is 0 Å². The van der Waals surface area contributed by atoms with E-state index >= 15 is 0 Å². The van der Waals surface area contributed by atoms with Gasteiger partial charge in [0.05, 0.1) is 5.69 Å². The second-order valence-electron chi connectivity index (χ2n) is 8.90. The molecule has 0 bridgehead atoms. The first-order valence-electron chi connectivity index (χ1n) is 11.5. The van der Waals surface area contributed by atoms with Crippen molar-refractivity contribution in [2.45, 2.75) is 70.0 Å². The van der Waals surface area contributed by atoms with Crippen LogP contribution < -0.4 is 20.9 Å². The van der Waals surface area contributed by atoms with E-state index in [0.29, 0.717) is 12.1 Å². The summed E-state index contributed by atoms with van der Waals surface area (Å²) in [4.78, 5) is 11.9. The minimum absolute atomic E-state index is 0.417. The number of hydrogen-bond donors (Lipinski definition) is 3. The molecule has 0 unspecified atom stereocenters. The van der Waals surface area contributed by atoms with Crippen molar-refractivity contribution in [1.29, 1.82) is 0 Å². The van der Waals surface area contributed by atoms with Crippen LogP contribution in [0.25, 0.3) is 0 Å². The summed E-state index contributed by atoms with van der Waals surface area (Å²) in [5.74, 6) is 1.87. The molecule has 2 aliphatic carbocycles. The first-order chi connectivity index (χ1) is 15.1. The predicted molar refractivity (Wildman–Crippen MR) is 132 cm³/mol. The molecule has 0 amide bonds. The third kappa shape index (κ3) is 5.85. The zero-order chi connectivity index (χ0) is 21.6. The van der Waals surface area contributed by atoms with Crippen LogP contribution in [0.3, 0.4) is 0 Å². The third-order valence-electron chi connectivity index (χ3n) is 6.28. The number of aryl methyl sites for hydroxylation is 1. The van der Waals surface area contributed by atoms with Gasteiger partial charge in [0.15, 0.2) is 5.11 Å². The van der Waals surface area contributed by atoms with Gasteiger partial charge in [-0.2, -0.15) is 4.98 Å². The first kappa shape index (κ1) is 21.8. The van der Waals surface area contributed by atoms with Gasteiger partial charge in [-0.25, -0.2) is 4.98 Å². The summed E-state index contributed by atoms with van der Waals surface area (Å²) in [7, 11) is 4.15. The smallest absolute Gasteiger partial charge is 0.225 e. The number of hydrogen-bond acceptors (Lipinski definition) is 5. The van der Waals surface area contributed by atoms with E-state index in [1.54, 1.807) is 0 Å². The van der Waals surface area contributed by atoms with Crippen LogP contribution in [0, 0.1) is 0 Å². The summed E-state index contributed by atoms with van der Waals surface area (Å²) in [6.45, 7) is 0.757. The minimum Gasteiger partial charge on any atom is -0.362 e. The average molecular weight is 439 g/mol. The van der Waals surface area contributed by atoms with Crippen LogP contribution in [-0.2, 0) is 19.4 Å². The quantitative estimate of drug-likeness (QED) is 0.593. The van der Waals surface area contributed by atoms with Gasteiger partial charge in [-0.3, -0.25) is 0 Å². The number of rotatable bonds is 6. The van der Waals surface area contributed by atoms with E-state index in [4.69, 9.17) is 22.2 Å². The maximum Gasteiger partial charge on any atom is 0.225 e. The molecule has 166 valence electrons. The van der Waals surface area contributed by atoms with E-state index in [1.807, 2.05) is 6.07 Å². The number of nitrogens with zero attached hydrogens (tertiary/aromatic N) is 3. The van der Waals surface area contributed by atoms with Gasteiger partial charge in [0, 0.05) is 38.3 Å². The van der Waals surface area contributed by atoms with Crippen LogP contribution in [0.1, 0.15) is 55.3 Å². The fourth-order valence-electron chi connectivity index (χ4n) is 4.59. The molecule has 1 heterocycles. The van der Waals surface area contributed by atoms with Crippen LogP contribution in [0.4, 0.5) is 11.8 Å². The van der Waals surface area contributed by atoms with Gasteiger partial charge in [0.25, 0.3) is 0 Å². The lowest BCUT2D eigenvalue weighted by Gasteiger charge is -2.31. The van der Waals surface area contributed by atoms with Crippen molar-refractivity contribution < 1.29 is 0 Å². The number of thiocarbonyl (C=S) groups is 1. The van der Waals surface area contributed by atoms with E-state index in [1.165, 1.54) is 29.7 Å². The molecule has 2 aliphatic rings. The first-order valence-corrected chi connectivity index (χ1v) is 11.9. The Morgan fingerprint density at radius 3 is 2.45 bits per heavy atom. The predicted octanol–water partition coefficient (Wildman–Crippen LogP) is 3.81. The Bertz CT molecular complexity index is 877. The summed E-state index contributed by atoms with van der Waals surface area (Å²) in [6.07, 6.45) is 9.00. The summed E-state index contributed by atoms with van der Waals surface area (Å²) in [5.41, 5.74) is 3.81. The lowest BCUT2D eigenvalue weighted by molar-refractivity contribution is 0.385. The number of nitrogens with one attached hydrogen (secondary N) is 3. The van der Waals surface area contributed by atoms with E-state index in [2.05, 4.69) is 59.2 Å². The molecule has 0 saturated heterocycles. The molecule has 0 radical (unpaired) electrons. The lowest BCUT2D eigenvalue weighted by Crippen LogP contribution is -2.44. The molecule has 2 aromatic rings. The largest absolute Gasteiger partial charge is 0.362 e. The standard InChI is InChI=1S/C24H34N6S/c1-30(2)22-20-10-6-7-11-21(20)28-23(29-22)26-18-12-14-19(15-13-18)27-24(31)25-16-17-8-4-3-5-9-17/h3-5,8-9,18-19H,6-7,10-16H2,1-2H3,(H2,25,27,31)(H,26,28,29)/t18-,19+. The molecule has 1 aromatic heterocycles. The van der Waals surface area contributed by atoms with Crippen LogP contribution >= 0.6 is 12.2 Å². The molecule has 1 aromatic carbocycles. The van der Waals surface area contributed by atoms with E-state index in [0.717, 1.165) is 61.9 Å². The van der Waals surface area contributed by atoms with E-state index < -0.39 is 0 Å². The number of aromatic nitrogens is 2. The maximum absolute atomic E-state index is 5.50. The zero-order valence-corrected chi connectivity index (χ0v) is 19.5. The van der Waals surface area contributed by atoms with Gasteiger partial charge in [-0.1, -0.05) is 30.3 Å². The molecule has 0 aliphatic heterocycles. The van der Waals surface area contributed by atoms with Gasteiger partial charge in [0.2, 0.25) is 5.95 Å². The Hall–Kier alpha value is -2.41. The van der Waals surface area contributed by atoms with Gasteiger partial charge in [-0.05, 0) is 69.1 Å². The minimum atomic E-state index is 0.417. The van der Waals surface area contributed by atoms with Crippen molar-refractivity contribution in [2.75, 3.05) is 24.3 Å². The molecule has 31 heavy (non-hydrogen) atoms. The van der Waals surface area contributed by atoms with Gasteiger partial charge in [-0.15, -0.1) is 0 Å². The Labute approximate surface area is 191 Å². The number of benzene rings is 1. The number of fused-ring (bicyclic) bond motifs is 1. The Morgan fingerprint density at radius 2 is 1.71 bits per heavy atom. The molecule has 0 atom stereocenters. The van der Waals surface area contributed by atoms with E-state index in [-0.39, 0.29) is 0 Å². The van der Waals surface area contributed by atoms with Crippen LogP contribution in [0.15, 0.2) is 30.3 Å². The van der Waals surface area contributed by atoms with Crippen molar-refractivity contribution in [1.82, 2.24) is 20.6 Å². The molecular formula is C24H34N6S. The van der Waals surface area contributed by atoms with Crippen molar-refractivity contribution in [2.24, 2.45) is 0 Å². The Kier molecular flexibility index (Phi) is 7.22. The van der Waals surface area contributed by atoms with Gasteiger partial charge >= 0.3 is 0 Å². The highest BCUT2D eigenvalue weighted by atomic mass is 32.1. The third-order valence-corrected chi connectivity index (χ3v) is 6.54. The van der Waals surface area contributed by atoms with Crippen LogP contribution in [0.5, 0.6) is 0 Å². The zero-order valence-electron chi connectivity index (χ0n) is 18.7. The highest BCUT2D eigenvalue weighted by Gasteiger charge is 2.24. The highest BCUT2D eigenvalue weighted by molar-refractivity contribution is 7.80. The van der Waals surface area contributed by atoms with Crippen LogP contribution in [0.2, 0.25) is 0 Å². The topological polar surface area (TPSA) is 65.1 Å². The van der Waals surface area contributed by atoms with Gasteiger partial charge < -0.3 is 20.9 Å². The van der Waals surface area contributed by atoms with E-state index in [9.17, 15) is 0 Å². The summed E-state index contributed by atoms with van der Waals surface area (Å²) in [5, 5.41) is 11.2. The monoisotopic (exact) mass is 438 g/mol. The molecule has 6 nitrogen and oxygen atoms in total. The highest BCUT2D eigenvalue weighted by Crippen LogP contribution is 2.29. The molecule has 4 rings (SSSR count). The summed E-state index contributed by atoms with van der Waals surface area (Å²) >= 11 is 5.50. The fraction of sp³-hybridized carbons (Fsp3) is 0.542.